The normalized spacial score (nSPS) is 10.9. The van der Waals surface area contributed by atoms with Crippen LogP contribution in [0.2, 0.25) is 0 Å². The fourth-order valence-electron chi connectivity index (χ4n) is 2.14. The molecule has 0 fully saturated rings. The van der Waals surface area contributed by atoms with E-state index in [2.05, 4.69) is 15.4 Å². The molecule has 150 valence electrons. The molecule has 2 amide bonds. The van der Waals surface area contributed by atoms with Crippen molar-refractivity contribution in [3.05, 3.63) is 59.9 Å². The zero-order valence-electron chi connectivity index (χ0n) is 15.1. The predicted molar refractivity (Wildman–Crippen MR) is 101 cm³/mol. The van der Waals surface area contributed by atoms with E-state index in [1.165, 1.54) is 43.5 Å². The van der Waals surface area contributed by atoms with E-state index in [-0.39, 0.29) is 28.6 Å². The van der Waals surface area contributed by atoms with Gasteiger partial charge in [0.15, 0.2) is 0 Å². The summed E-state index contributed by atoms with van der Waals surface area (Å²) in [4.78, 5) is 23.5. The molecule has 0 bridgehead atoms. The van der Waals surface area contributed by atoms with Crippen LogP contribution in [0.25, 0.3) is 0 Å². The number of halogens is 1. The first-order valence-corrected chi connectivity index (χ1v) is 9.72. The molecule has 0 saturated heterocycles. The average Bonchev–Trinajstić information content (AvgIpc) is 2.68. The van der Waals surface area contributed by atoms with Gasteiger partial charge in [0.05, 0.1) is 18.0 Å². The summed E-state index contributed by atoms with van der Waals surface area (Å²) >= 11 is 0. The lowest BCUT2D eigenvalue weighted by molar-refractivity contribution is -0.120. The lowest BCUT2D eigenvalue weighted by atomic mass is 10.2. The number of sulfonamides is 1. The molecule has 3 N–H and O–H groups in total. The quantitative estimate of drug-likeness (QED) is 0.537. The van der Waals surface area contributed by atoms with Crippen molar-refractivity contribution in [1.82, 2.24) is 10.6 Å². The summed E-state index contributed by atoms with van der Waals surface area (Å²) in [6.07, 6.45) is 0. The maximum atomic E-state index is 12.9. The molecule has 0 aliphatic rings. The molecule has 2 aromatic carbocycles. The van der Waals surface area contributed by atoms with Crippen molar-refractivity contribution >= 4 is 27.5 Å². The summed E-state index contributed by atoms with van der Waals surface area (Å²) in [7, 11) is -2.38. The third-order valence-electron chi connectivity index (χ3n) is 3.56. The number of methoxy groups -OCH3 is 1. The Morgan fingerprint density at radius 2 is 1.64 bits per heavy atom. The maximum absolute atomic E-state index is 12.9. The Morgan fingerprint density at radius 3 is 2.25 bits per heavy atom. The van der Waals surface area contributed by atoms with Gasteiger partial charge >= 0.3 is 0 Å². The lowest BCUT2D eigenvalue weighted by Gasteiger charge is -2.09. The molecule has 10 heteroatoms. The van der Waals surface area contributed by atoms with Crippen LogP contribution in [-0.2, 0) is 19.6 Å². The summed E-state index contributed by atoms with van der Waals surface area (Å²) in [5.41, 5.74) is 0.410. The van der Waals surface area contributed by atoms with Crippen LogP contribution in [0.1, 0.15) is 10.4 Å². The Morgan fingerprint density at radius 1 is 1.00 bits per heavy atom. The van der Waals surface area contributed by atoms with Gasteiger partial charge in [-0.15, -0.1) is 0 Å². The van der Waals surface area contributed by atoms with Crippen molar-refractivity contribution in [3.63, 3.8) is 0 Å². The smallest absolute Gasteiger partial charge is 0.261 e. The summed E-state index contributed by atoms with van der Waals surface area (Å²) in [6, 6.07) is 10.1. The van der Waals surface area contributed by atoms with E-state index in [4.69, 9.17) is 4.74 Å². The molecule has 0 aromatic heterocycles. The minimum atomic E-state index is -3.89. The molecular weight excluding hydrogens is 389 g/mol. The molecule has 0 atom stereocenters. The second kappa shape index (κ2) is 9.81. The topological polar surface area (TPSA) is 114 Å². The Labute approximate surface area is 162 Å². The van der Waals surface area contributed by atoms with Crippen molar-refractivity contribution in [2.24, 2.45) is 0 Å². The van der Waals surface area contributed by atoms with E-state index in [0.717, 1.165) is 12.1 Å². The van der Waals surface area contributed by atoms with Crippen LogP contribution in [0.3, 0.4) is 0 Å². The third kappa shape index (κ3) is 6.32. The molecule has 2 aromatic rings. The van der Waals surface area contributed by atoms with Gasteiger partial charge in [-0.25, -0.2) is 12.8 Å². The fourth-order valence-corrected chi connectivity index (χ4v) is 3.19. The monoisotopic (exact) mass is 409 g/mol. The number of hydrogen-bond acceptors (Lipinski definition) is 5. The molecule has 0 aliphatic heterocycles. The van der Waals surface area contributed by atoms with Crippen LogP contribution in [-0.4, -0.2) is 47.0 Å². The molecule has 0 saturated carbocycles. The Bertz CT molecular complexity index is 915. The number of anilines is 1. The standard InChI is InChI=1S/C18H20FN3O5S/c1-27-11-10-20-17(23)12-21-18(24)13-2-8-16(9-3-13)28(25,26)22-15-6-4-14(19)5-7-15/h2-9,22H,10-12H2,1H3,(H,20,23)(H,21,24). The van der Waals surface area contributed by atoms with Gasteiger partial charge in [0.25, 0.3) is 15.9 Å². The third-order valence-corrected chi connectivity index (χ3v) is 4.96. The number of amides is 2. The van der Waals surface area contributed by atoms with Crippen molar-refractivity contribution < 1.29 is 27.1 Å². The highest BCUT2D eigenvalue weighted by Gasteiger charge is 2.15. The van der Waals surface area contributed by atoms with Crippen LogP contribution >= 0.6 is 0 Å². The number of carbonyl (C=O) groups excluding carboxylic acids is 2. The van der Waals surface area contributed by atoms with Crippen molar-refractivity contribution in [3.8, 4) is 0 Å². The highest BCUT2D eigenvalue weighted by atomic mass is 32.2. The Hall–Kier alpha value is -2.98. The molecule has 0 radical (unpaired) electrons. The first kappa shape index (κ1) is 21.3. The molecule has 0 heterocycles. The highest BCUT2D eigenvalue weighted by Crippen LogP contribution is 2.17. The van der Waals surface area contributed by atoms with E-state index in [1.54, 1.807) is 0 Å². The predicted octanol–water partition coefficient (Wildman–Crippen LogP) is 1.12. The molecule has 0 aliphatic carbocycles. The Kier molecular flexibility index (Phi) is 7.47. The van der Waals surface area contributed by atoms with Gasteiger partial charge in [-0.05, 0) is 48.5 Å². The average molecular weight is 409 g/mol. The Balaban J connectivity index is 1.95. The summed E-state index contributed by atoms with van der Waals surface area (Å²) in [5, 5.41) is 4.99. The van der Waals surface area contributed by atoms with E-state index in [0.29, 0.717) is 13.2 Å². The van der Waals surface area contributed by atoms with Gasteiger partial charge < -0.3 is 15.4 Å². The number of benzene rings is 2. The van der Waals surface area contributed by atoms with Crippen LogP contribution in [0.4, 0.5) is 10.1 Å². The van der Waals surface area contributed by atoms with Crippen LogP contribution < -0.4 is 15.4 Å². The van der Waals surface area contributed by atoms with Crippen LogP contribution in [0.5, 0.6) is 0 Å². The fraction of sp³-hybridized carbons (Fsp3) is 0.222. The number of hydrogen-bond donors (Lipinski definition) is 3. The second-order valence-electron chi connectivity index (χ2n) is 5.66. The van der Waals surface area contributed by atoms with E-state index < -0.39 is 21.7 Å². The lowest BCUT2D eigenvalue weighted by Crippen LogP contribution is -2.38. The number of rotatable bonds is 9. The zero-order chi connectivity index (χ0) is 20.6. The second-order valence-corrected chi connectivity index (χ2v) is 7.34. The first-order valence-electron chi connectivity index (χ1n) is 8.24. The minimum Gasteiger partial charge on any atom is -0.383 e. The summed E-state index contributed by atoms with van der Waals surface area (Å²) < 4.78 is 44.7. The maximum Gasteiger partial charge on any atom is 0.261 e. The zero-order valence-corrected chi connectivity index (χ0v) is 15.9. The summed E-state index contributed by atoms with van der Waals surface area (Å²) in [5.74, 6) is -1.36. The molecule has 2 rings (SSSR count). The molecule has 0 unspecified atom stereocenters. The number of carbonyl (C=O) groups is 2. The molecule has 8 nitrogen and oxygen atoms in total. The van der Waals surface area contributed by atoms with Gasteiger partial charge in [-0.1, -0.05) is 0 Å². The van der Waals surface area contributed by atoms with Crippen molar-refractivity contribution in [1.29, 1.82) is 0 Å². The van der Waals surface area contributed by atoms with Gasteiger partial charge in [0.2, 0.25) is 5.91 Å². The first-order chi connectivity index (χ1) is 13.3. The van der Waals surface area contributed by atoms with Crippen LogP contribution in [0, 0.1) is 5.82 Å². The van der Waals surface area contributed by atoms with Gasteiger partial charge in [0.1, 0.15) is 5.82 Å². The molecule has 0 spiro atoms. The SMILES string of the molecule is COCCNC(=O)CNC(=O)c1ccc(S(=O)(=O)Nc2ccc(F)cc2)cc1. The highest BCUT2D eigenvalue weighted by molar-refractivity contribution is 7.92. The molecular formula is C18H20FN3O5S. The van der Waals surface area contributed by atoms with Gasteiger partial charge in [-0.2, -0.15) is 0 Å². The molecule has 28 heavy (non-hydrogen) atoms. The summed E-state index contributed by atoms with van der Waals surface area (Å²) in [6.45, 7) is 0.481. The van der Waals surface area contributed by atoms with Crippen LogP contribution in [0.15, 0.2) is 53.4 Å². The number of ether oxygens (including phenoxy) is 1. The van der Waals surface area contributed by atoms with Crippen molar-refractivity contribution in [2.45, 2.75) is 4.90 Å². The number of nitrogens with one attached hydrogen (secondary N) is 3. The largest absolute Gasteiger partial charge is 0.383 e. The van der Waals surface area contributed by atoms with E-state index in [9.17, 15) is 22.4 Å². The van der Waals surface area contributed by atoms with Gasteiger partial charge in [0, 0.05) is 24.9 Å². The van der Waals surface area contributed by atoms with Crippen molar-refractivity contribution in [2.75, 3.05) is 31.5 Å². The van der Waals surface area contributed by atoms with Gasteiger partial charge in [-0.3, -0.25) is 14.3 Å². The van der Waals surface area contributed by atoms with E-state index in [1.807, 2.05) is 0 Å². The minimum absolute atomic E-state index is 0.0642. The van der Waals surface area contributed by atoms with E-state index >= 15 is 0 Å².